The van der Waals surface area contributed by atoms with Gasteiger partial charge in [-0.1, -0.05) is 34.1 Å². The highest BCUT2D eigenvalue weighted by Gasteiger charge is 2.12. The van der Waals surface area contributed by atoms with Crippen molar-refractivity contribution in [2.24, 2.45) is 0 Å². The Morgan fingerprint density at radius 1 is 1.29 bits per heavy atom. The van der Waals surface area contributed by atoms with Gasteiger partial charge in [-0.2, -0.15) is 0 Å². The molecule has 0 saturated heterocycles. The number of pyridine rings is 1. The fourth-order valence-corrected chi connectivity index (χ4v) is 2.22. The standard InChI is InChI=1S/C13H13BrN2O/c14-11-4-2-1-3-10(11)13(17)7-9-8-16-6-5-12(9)15/h1-6,8,13,17H,7H2,(H2,15,16). The Labute approximate surface area is 108 Å². The van der Waals surface area contributed by atoms with E-state index in [9.17, 15) is 5.11 Å². The molecule has 2 rings (SSSR count). The summed E-state index contributed by atoms with van der Waals surface area (Å²) in [6, 6.07) is 9.35. The molecule has 0 bridgehead atoms. The maximum atomic E-state index is 10.2. The molecule has 0 aliphatic carbocycles. The first-order valence-corrected chi connectivity index (χ1v) is 6.08. The van der Waals surface area contributed by atoms with Crippen LogP contribution in [0.3, 0.4) is 0 Å². The summed E-state index contributed by atoms with van der Waals surface area (Å²) < 4.78 is 0.898. The van der Waals surface area contributed by atoms with Crippen molar-refractivity contribution in [3.8, 4) is 0 Å². The molecule has 1 aromatic heterocycles. The zero-order chi connectivity index (χ0) is 12.3. The molecule has 3 nitrogen and oxygen atoms in total. The monoisotopic (exact) mass is 292 g/mol. The summed E-state index contributed by atoms with van der Waals surface area (Å²) in [5.74, 6) is 0. The summed E-state index contributed by atoms with van der Waals surface area (Å²) in [5.41, 5.74) is 8.19. The van der Waals surface area contributed by atoms with Gasteiger partial charge in [0.1, 0.15) is 0 Å². The van der Waals surface area contributed by atoms with Gasteiger partial charge in [-0.05, 0) is 23.3 Å². The van der Waals surface area contributed by atoms with Gasteiger partial charge in [-0.15, -0.1) is 0 Å². The molecular weight excluding hydrogens is 280 g/mol. The second kappa shape index (κ2) is 5.29. The molecule has 88 valence electrons. The number of nitrogens with two attached hydrogens (primary N) is 1. The molecule has 2 aromatic rings. The second-order valence-corrected chi connectivity index (χ2v) is 4.67. The van der Waals surface area contributed by atoms with E-state index >= 15 is 0 Å². The molecule has 0 radical (unpaired) electrons. The molecule has 0 amide bonds. The molecule has 1 atom stereocenters. The summed E-state index contributed by atoms with van der Waals surface area (Å²) in [6.07, 6.45) is 3.21. The second-order valence-electron chi connectivity index (χ2n) is 3.82. The third-order valence-corrected chi connectivity index (χ3v) is 3.34. The molecular formula is C13H13BrN2O. The summed E-state index contributed by atoms with van der Waals surface area (Å²) in [5, 5.41) is 10.2. The number of hydrogen-bond acceptors (Lipinski definition) is 3. The highest BCUT2D eigenvalue weighted by Crippen LogP contribution is 2.26. The van der Waals surface area contributed by atoms with Crippen molar-refractivity contribution in [2.45, 2.75) is 12.5 Å². The summed E-state index contributed by atoms with van der Waals surface area (Å²) >= 11 is 3.42. The van der Waals surface area contributed by atoms with Crippen LogP contribution in [0.15, 0.2) is 47.2 Å². The van der Waals surface area contributed by atoms with Gasteiger partial charge in [0.15, 0.2) is 0 Å². The number of aromatic nitrogens is 1. The molecule has 4 heteroatoms. The number of nitrogen functional groups attached to an aromatic ring is 1. The first-order chi connectivity index (χ1) is 8.18. The lowest BCUT2D eigenvalue weighted by Crippen LogP contribution is -2.05. The Hall–Kier alpha value is -1.39. The lowest BCUT2D eigenvalue weighted by Gasteiger charge is -2.13. The average Bonchev–Trinajstić information content (AvgIpc) is 2.32. The predicted molar refractivity (Wildman–Crippen MR) is 71.5 cm³/mol. The SMILES string of the molecule is Nc1ccncc1CC(O)c1ccccc1Br. The molecule has 0 spiro atoms. The Morgan fingerprint density at radius 3 is 2.76 bits per heavy atom. The van der Waals surface area contributed by atoms with E-state index in [1.54, 1.807) is 18.5 Å². The Morgan fingerprint density at radius 2 is 2.06 bits per heavy atom. The van der Waals surface area contributed by atoms with E-state index in [4.69, 9.17) is 5.73 Å². The summed E-state index contributed by atoms with van der Waals surface area (Å²) in [6.45, 7) is 0. The molecule has 0 fully saturated rings. The Kier molecular flexibility index (Phi) is 3.76. The Balaban J connectivity index is 2.20. The Bertz CT molecular complexity index is 516. The molecule has 0 aliphatic heterocycles. The highest BCUT2D eigenvalue weighted by molar-refractivity contribution is 9.10. The molecule has 1 aromatic carbocycles. The first-order valence-electron chi connectivity index (χ1n) is 5.29. The van der Waals surface area contributed by atoms with Crippen LogP contribution < -0.4 is 5.73 Å². The lowest BCUT2D eigenvalue weighted by atomic mass is 10.0. The van der Waals surface area contributed by atoms with E-state index < -0.39 is 6.10 Å². The topological polar surface area (TPSA) is 59.1 Å². The average molecular weight is 293 g/mol. The van der Waals surface area contributed by atoms with E-state index in [1.165, 1.54) is 0 Å². The van der Waals surface area contributed by atoms with Gasteiger partial charge >= 0.3 is 0 Å². The number of anilines is 1. The van der Waals surface area contributed by atoms with Crippen molar-refractivity contribution < 1.29 is 5.11 Å². The number of benzene rings is 1. The van der Waals surface area contributed by atoms with Crippen molar-refractivity contribution >= 4 is 21.6 Å². The van der Waals surface area contributed by atoms with Crippen LogP contribution in [0.4, 0.5) is 5.69 Å². The van der Waals surface area contributed by atoms with E-state index in [0.717, 1.165) is 15.6 Å². The molecule has 1 unspecified atom stereocenters. The van der Waals surface area contributed by atoms with Crippen LogP contribution >= 0.6 is 15.9 Å². The van der Waals surface area contributed by atoms with E-state index in [1.807, 2.05) is 24.3 Å². The molecule has 3 N–H and O–H groups in total. The van der Waals surface area contributed by atoms with Crippen LogP contribution in [0.25, 0.3) is 0 Å². The molecule has 0 aliphatic rings. The molecule has 17 heavy (non-hydrogen) atoms. The van der Waals surface area contributed by atoms with Gasteiger partial charge in [0.2, 0.25) is 0 Å². The van der Waals surface area contributed by atoms with Gasteiger partial charge in [-0.25, -0.2) is 0 Å². The van der Waals surface area contributed by atoms with Crippen molar-refractivity contribution in [1.29, 1.82) is 0 Å². The van der Waals surface area contributed by atoms with Crippen molar-refractivity contribution in [3.05, 3.63) is 58.3 Å². The third-order valence-electron chi connectivity index (χ3n) is 2.62. The van der Waals surface area contributed by atoms with Gasteiger partial charge in [0.25, 0.3) is 0 Å². The first kappa shape index (κ1) is 12.1. The molecule has 1 heterocycles. The van der Waals surface area contributed by atoms with E-state index in [-0.39, 0.29) is 0 Å². The number of nitrogens with zero attached hydrogens (tertiary/aromatic N) is 1. The number of aliphatic hydroxyl groups excluding tert-OH is 1. The van der Waals surface area contributed by atoms with Crippen LogP contribution in [0.1, 0.15) is 17.2 Å². The third kappa shape index (κ3) is 2.84. The highest BCUT2D eigenvalue weighted by atomic mass is 79.9. The maximum Gasteiger partial charge on any atom is 0.0842 e. The summed E-state index contributed by atoms with van der Waals surface area (Å²) in [7, 11) is 0. The zero-order valence-corrected chi connectivity index (χ0v) is 10.8. The zero-order valence-electron chi connectivity index (χ0n) is 9.18. The fourth-order valence-electron chi connectivity index (χ4n) is 1.67. The number of aliphatic hydroxyl groups is 1. The minimum absolute atomic E-state index is 0.461. The van der Waals surface area contributed by atoms with Gasteiger partial charge < -0.3 is 10.8 Å². The van der Waals surface area contributed by atoms with E-state index in [2.05, 4.69) is 20.9 Å². The van der Waals surface area contributed by atoms with Crippen LogP contribution in [-0.4, -0.2) is 10.1 Å². The smallest absolute Gasteiger partial charge is 0.0842 e. The van der Waals surface area contributed by atoms with Crippen LogP contribution in [-0.2, 0) is 6.42 Å². The maximum absolute atomic E-state index is 10.2. The normalized spacial score (nSPS) is 12.4. The van der Waals surface area contributed by atoms with Crippen molar-refractivity contribution in [2.75, 3.05) is 5.73 Å². The number of hydrogen-bond donors (Lipinski definition) is 2. The van der Waals surface area contributed by atoms with Crippen LogP contribution in [0, 0.1) is 0 Å². The van der Waals surface area contributed by atoms with Gasteiger partial charge in [0.05, 0.1) is 6.10 Å². The largest absolute Gasteiger partial charge is 0.398 e. The number of halogens is 1. The number of rotatable bonds is 3. The quantitative estimate of drug-likeness (QED) is 0.914. The minimum atomic E-state index is -0.586. The van der Waals surface area contributed by atoms with Crippen molar-refractivity contribution in [3.63, 3.8) is 0 Å². The lowest BCUT2D eigenvalue weighted by molar-refractivity contribution is 0.178. The van der Waals surface area contributed by atoms with E-state index in [0.29, 0.717) is 12.1 Å². The summed E-state index contributed by atoms with van der Waals surface area (Å²) in [4.78, 5) is 4.01. The van der Waals surface area contributed by atoms with Gasteiger partial charge in [0, 0.05) is 29.0 Å². The predicted octanol–water partition coefficient (Wildman–Crippen LogP) is 2.70. The minimum Gasteiger partial charge on any atom is -0.398 e. The van der Waals surface area contributed by atoms with Crippen LogP contribution in [0.5, 0.6) is 0 Å². The van der Waals surface area contributed by atoms with Crippen molar-refractivity contribution in [1.82, 2.24) is 4.98 Å². The van der Waals surface area contributed by atoms with Crippen LogP contribution in [0.2, 0.25) is 0 Å². The molecule has 0 saturated carbocycles. The van der Waals surface area contributed by atoms with Gasteiger partial charge in [-0.3, -0.25) is 4.98 Å². The fraction of sp³-hybridized carbons (Fsp3) is 0.154.